The van der Waals surface area contributed by atoms with Crippen molar-refractivity contribution in [2.24, 2.45) is 0 Å². The van der Waals surface area contributed by atoms with E-state index in [-0.39, 0.29) is 35.8 Å². The van der Waals surface area contributed by atoms with Gasteiger partial charge in [-0.05, 0) is 6.08 Å². The molecule has 8 atom stereocenters. The van der Waals surface area contributed by atoms with Crippen LogP contribution in [0.2, 0.25) is 0 Å². The fourth-order valence-corrected chi connectivity index (χ4v) is 7.28. The second-order valence-corrected chi connectivity index (χ2v) is 13.0. The van der Waals surface area contributed by atoms with Gasteiger partial charge in [0.25, 0.3) is 5.56 Å². The van der Waals surface area contributed by atoms with Crippen LogP contribution in [0.4, 0.5) is 11.8 Å². The zero-order valence-corrected chi connectivity index (χ0v) is 23.6. The molecular formula is C21H24N10O10P2. The van der Waals surface area contributed by atoms with Crippen LogP contribution in [0.1, 0.15) is 25.3 Å². The first-order chi connectivity index (χ1) is 20.5. The highest BCUT2D eigenvalue weighted by Gasteiger charge is 2.46. The molecule has 0 radical (unpaired) electrons. The Labute approximate surface area is 239 Å². The van der Waals surface area contributed by atoms with Crippen LogP contribution in [0.3, 0.4) is 0 Å². The average Bonchev–Trinajstić information content (AvgIpc) is 3.71. The highest BCUT2D eigenvalue weighted by atomic mass is 31.2. The molecule has 7 rings (SSSR count). The lowest BCUT2D eigenvalue weighted by Gasteiger charge is -2.24. The van der Waals surface area contributed by atoms with E-state index in [1.165, 1.54) is 29.6 Å². The fourth-order valence-electron chi connectivity index (χ4n) is 5.27. The maximum Gasteiger partial charge on any atom is 0.472 e. The summed E-state index contributed by atoms with van der Waals surface area (Å²) >= 11 is 0. The summed E-state index contributed by atoms with van der Waals surface area (Å²) in [5, 5.41) is 0. The third kappa shape index (κ3) is 5.26. The normalized spacial score (nSPS) is 35.8. The van der Waals surface area contributed by atoms with Crippen molar-refractivity contribution in [2.75, 3.05) is 18.1 Å². The first kappa shape index (κ1) is 28.2. The fraction of sp³-hybridized carbons (Fsp3) is 0.429. The molecule has 0 saturated carbocycles. The van der Waals surface area contributed by atoms with Crippen molar-refractivity contribution in [1.29, 1.82) is 0 Å². The number of rotatable bonds is 2. The molecule has 228 valence electrons. The number of nitrogens with zero attached hydrogens (tertiary/aromatic N) is 7. The standard InChI is InChI=1S/C21H24N10O10P2/c22-17-15-18(25-6-24-17)30(7-26-15)13-4-11-12(39-13)5-37-43(35,36)41-10-3-14(38-9(10)1-2-42(33,34)40-11)31-8-27-16-19(31)28-21(23)29-20(16)32/h1-2,6-14H,3-5H2,(H,33,34)(H,35,36)(H2,22,24,25)(H3,23,28,29,32)/b2-1+/t9-,10+,11+,12-,13-,14-/m1/s1. The number of anilines is 2. The third-order valence-electron chi connectivity index (χ3n) is 7.17. The Kier molecular flexibility index (Phi) is 6.73. The molecule has 3 aliphatic rings. The Morgan fingerprint density at radius 1 is 0.907 bits per heavy atom. The highest BCUT2D eigenvalue weighted by molar-refractivity contribution is 7.56. The van der Waals surface area contributed by atoms with Crippen molar-refractivity contribution >= 4 is 49.5 Å². The second-order valence-electron chi connectivity index (χ2n) is 9.97. The van der Waals surface area contributed by atoms with Gasteiger partial charge in [0.05, 0.1) is 19.3 Å². The minimum atomic E-state index is -4.74. The summed E-state index contributed by atoms with van der Waals surface area (Å²) in [7, 11) is -9.16. The van der Waals surface area contributed by atoms with Gasteiger partial charge in [-0.3, -0.25) is 37.0 Å². The Morgan fingerprint density at radius 2 is 1.63 bits per heavy atom. The van der Waals surface area contributed by atoms with E-state index in [1.807, 2.05) is 0 Å². The Balaban J connectivity index is 1.16. The Bertz CT molecular complexity index is 1910. The largest absolute Gasteiger partial charge is 0.472 e. The zero-order chi connectivity index (χ0) is 30.1. The minimum Gasteiger partial charge on any atom is -0.382 e. The summed E-state index contributed by atoms with van der Waals surface area (Å²) in [5.74, 6) is 0.917. The van der Waals surface area contributed by atoms with Crippen molar-refractivity contribution in [1.82, 2.24) is 39.0 Å². The van der Waals surface area contributed by atoms with Crippen molar-refractivity contribution in [3.63, 3.8) is 0 Å². The molecule has 0 spiro atoms. The maximum atomic E-state index is 13.2. The number of nitrogens with two attached hydrogens (primary N) is 2. The topological polar surface area (TPSA) is 280 Å². The molecule has 4 aromatic rings. The number of aromatic amines is 1. The van der Waals surface area contributed by atoms with Crippen LogP contribution in [0.15, 0.2) is 35.7 Å². The quantitative estimate of drug-likeness (QED) is 0.185. The van der Waals surface area contributed by atoms with Crippen LogP contribution in [-0.2, 0) is 32.2 Å². The summed E-state index contributed by atoms with van der Waals surface area (Å²) in [5.41, 5.74) is 11.8. The van der Waals surface area contributed by atoms with Crippen LogP contribution in [0.5, 0.6) is 0 Å². The Hall–Kier alpha value is -3.58. The number of phosphoric acid groups is 1. The summed E-state index contributed by atoms with van der Waals surface area (Å²) < 4.78 is 57.4. The first-order valence-corrected chi connectivity index (χ1v) is 15.9. The van der Waals surface area contributed by atoms with Crippen LogP contribution < -0.4 is 17.0 Å². The van der Waals surface area contributed by atoms with Gasteiger partial charge in [-0.15, -0.1) is 0 Å². The number of nitrogen functional groups attached to an aromatic ring is 2. The highest BCUT2D eigenvalue weighted by Crippen LogP contribution is 2.53. The van der Waals surface area contributed by atoms with Gasteiger partial charge in [0.15, 0.2) is 22.6 Å². The summed E-state index contributed by atoms with van der Waals surface area (Å²) in [6.45, 7) is -0.526. The molecule has 7 heterocycles. The number of nitrogens with one attached hydrogen (secondary N) is 1. The minimum absolute atomic E-state index is 0.00553. The van der Waals surface area contributed by atoms with E-state index in [0.717, 1.165) is 5.82 Å². The molecular weight excluding hydrogens is 614 g/mol. The van der Waals surface area contributed by atoms with Gasteiger partial charge in [-0.1, -0.05) is 0 Å². The molecule has 7 N–H and O–H groups in total. The van der Waals surface area contributed by atoms with Gasteiger partial charge in [0.2, 0.25) is 5.95 Å². The van der Waals surface area contributed by atoms with Gasteiger partial charge in [-0.2, -0.15) is 4.98 Å². The monoisotopic (exact) mass is 638 g/mol. The number of fused-ring (bicyclic) bond motifs is 4. The number of hydrogen-bond acceptors (Lipinski definition) is 15. The number of imidazole rings is 2. The van der Waals surface area contributed by atoms with Crippen molar-refractivity contribution < 1.29 is 42.0 Å². The lowest BCUT2D eigenvalue weighted by Crippen LogP contribution is -2.29. The second kappa shape index (κ2) is 10.3. The van der Waals surface area contributed by atoms with E-state index in [2.05, 4.69) is 29.9 Å². The Morgan fingerprint density at radius 3 is 2.44 bits per heavy atom. The lowest BCUT2D eigenvalue weighted by atomic mass is 10.2. The van der Waals surface area contributed by atoms with Gasteiger partial charge in [-0.25, -0.2) is 24.5 Å². The molecule has 0 amide bonds. The van der Waals surface area contributed by atoms with Gasteiger partial charge in [0, 0.05) is 18.7 Å². The van der Waals surface area contributed by atoms with E-state index in [4.69, 9.17) is 34.5 Å². The molecule has 0 aliphatic carbocycles. The van der Waals surface area contributed by atoms with E-state index in [9.17, 15) is 23.7 Å². The number of phosphoric ester groups is 1. The van der Waals surface area contributed by atoms with Gasteiger partial charge < -0.3 is 30.7 Å². The number of ether oxygens (including phenoxy) is 2. The van der Waals surface area contributed by atoms with E-state index in [0.29, 0.717) is 11.2 Å². The molecule has 22 heteroatoms. The molecule has 2 fully saturated rings. The third-order valence-corrected chi connectivity index (χ3v) is 9.31. The lowest BCUT2D eigenvalue weighted by molar-refractivity contribution is -0.0445. The summed E-state index contributed by atoms with van der Waals surface area (Å²) in [6, 6.07) is 0. The van der Waals surface area contributed by atoms with E-state index in [1.54, 1.807) is 4.57 Å². The van der Waals surface area contributed by atoms with Crippen molar-refractivity contribution in [3.05, 3.63) is 41.2 Å². The zero-order valence-electron chi connectivity index (χ0n) is 21.8. The van der Waals surface area contributed by atoms with Gasteiger partial charge >= 0.3 is 15.4 Å². The number of aromatic nitrogens is 8. The van der Waals surface area contributed by atoms with E-state index >= 15 is 0 Å². The average molecular weight is 638 g/mol. The molecule has 0 bridgehead atoms. The summed E-state index contributed by atoms with van der Waals surface area (Å²) in [4.78, 5) is 56.3. The van der Waals surface area contributed by atoms with Crippen molar-refractivity contribution in [2.45, 2.75) is 49.7 Å². The van der Waals surface area contributed by atoms with E-state index < -0.39 is 64.5 Å². The van der Waals surface area contributed by atoms with Crippen LogP contribution in [0, 0.1) is 0 Å². The number of hydrogen-bond donors (Lipinski definition) is 5. The first-order valence-electron chi connectivity index (χ1n) is 12.8. The maximum absolute atomic E-state index is 13.2. The number of H-pyrrole nitrogens is 1. The molecule has 20 nitrogen and oxygen atoms in total. The predicted octanol–water partition coefficient (Wildman–Crippen LogP) is 0.299. The smallest absolute Gasteiger partial charge is 0.382 e. The van der Waals surface area contributed by atoms with Crippen molar-refractivity contribution in [3.8, 4) is 0 Å². The van der Waals surface area contributed by atoms with Crippen LogP contribution in [-0.4, -0.2) is 79.8 Å². The molecule has 3 aliphatic heterocycles. The SMILES string of the molecule is Nc1nc2c(ncn2[C@H]2C[C@@H]3OP(=O)(O)OC[C@H]4O[C@@H](n5cnc6c(N)ncnc65)C[C@@H]4OP(=O)(O)/C=C/[C@H]3O2)c(=O)[nH]1. The summed E-state index contributed by atoms with van der Waals surface area (Å²) in [6.07, 6.45) is -0.914. The molecule has 2 saturated heterocycles. The van der Waals surface area contributed by atoms with Gasteiger partial charge in [0.1, 0.15) is 48.7 Å². The molecule has 43 heavy (non-hydrogen) atoms. The molecule has 0 aromatic carbocycles. The predicted molar refractivity (Wildman–Crippen MR) is 144 cm³/mol. The van der Waals surface area contributed by atoms with Crippen LogP contribution in [0.25, 0.3) is 22.3 Å². The molecule has 2 unspecified atom stereocenters. The van der Waals surface area contributed by atoms with Crippen LogP contribution >= 0.6 is 15.4 Å². The molecule has 4 aromatic heterocycles.